The van der Waals surface area contributed by atoms with Crippen LogP contribution in [0.25, 0.3) is 0 Å². The van der Waals surface area contributed by atoms with Crippen molar-refractivity contribution in [1.29, 1.82) is 0 Å². The largest absolute Gasteiger partial charge is 0.480 e. The number of carboxylic acid groups (broad SMARTS) is 1. The molecular weight excluding hydrogens is 272 g/mol. The van der Waals surface area contributed by atoms with Gasteiger partial charge in [0, 0.05) is 18.8 Å². The molecule has 1 atom stereocenters. The van der Waals surface area contributed by atoms with Crippen LogP contribution >= 0.6 is 0 Å². The standard InChI is InChI=1S/C15H20N2O4/c1-3-16(12-6-4-11(2)5-7-12)15(20)17-8-9-21-10-13(17)14(18)19/h4-7,13H,3,8-10H2,1-2H3,(H,18,19). The third-order valence-corrected chi connectivity index (χ3v) is 3.55. The number of ether oxygens (including phenoxy) is 1. The minimum absolute atomic E-state index is 0.0343. The van der Waals surface area contributed by atoms with E-state index in [0.717, 1.165) is 11.3 Å². The summed E-state index contributed by atoms with van der Waals surface area (Å²) in [7, 11) is 0. The maximum absolute atomic E-state index is 12.7. The van der Waals surface area contributed by atoms with Crippen molar-refractivity contribution < 1.29 is 19.4 Å². The van der Waals surface area contributed by atoms with Gasteiger partial charge in [0.05, 0.1) is 13.2 Å². The molecule has 2 rings (SSSR count). The van der Waals surface area contributed by atoms with Crippen molar-refractivity contribution in [1.82, 2.24) is 4.90 Å². The molecule has 1 aliphatic rings. The number of nitrogens with zero attached hydrogens (tertiary/aromatic N) is 2. The Morgan fingerprint density at radius 3 is 2.62 bits per heavy atom. The molecule has 1 saturated heterocycles. The van der Waals surface area contributed by atoms with Gasteiger partial charge in [-0.1, -0.05) is 17.7 Å². The molecule has 1 aromatic rings. The number of aliphatic carboxylic acids is 1. The predicted molar refractivity (Wildman–Crippen MR) is 78.5 cm³/mol. The molecule has 21 heavy (non-hydrogen) atoms. The highest BCUT2D eigenvalue weighted by atomic mass is 16.5. The van der Waals surface area contributed by atoms with Crippen LogP contribution in [0.5, 0.6) is 0 Å². The van der Waals surface area contributed by atoms with E-state index in [-0.39, 0.29) is 19.2 Å². The van der Waals surface area contributed by atoms with Crippen molar-refractivity contribution in [3.05, 3.63) is 29.8 Å². The van der Waals surface area contributed by atoms with Crippen LogP contribution in [-0.4, -0.2) is 54.4 Å². The lowest BCUT2D eigenvalue weighted by Gasteiger charge is -2.36. The second kappa shape index (κ2) is 6.58. The molecule has 0 spiro atoms. The molecule has 1 heterocycles. The van der Waals surface area contributed by atoms with E-state index in [4.69, 9.17) is 4.74 Å². The van der Waals surface area contributed by atoms with Crippen molar-refractivity contribution in [3.8, 4) is 0 Å². The van der Waals surface area contributed by atoms with Crippen LogP contribution in [-0.2, 0) is 9.53 Å². The van der Waals surface area contributed by atoms with E-state index < -0.39 is 12.0 Å². The first-order valence-electron chi connectivity index (χ1n) is 7.00. The van der Waals surface area contributed by atoms with E-state index in [1.165, 1.54) is 4.90 Å². The number of benzene rings is 1. The van der Waals surface area contributed by atoms with E-state index in [0.29, 0.717) is 13.2 Å². The number of urea groups is 1. The number of carboxylic acids is 1. The molecule has 6 heteroatoms. The van der Waals surface area contributed by atoms with Gasteiger partial charge in [-0.3, -0.25) is 4.90 Å². The lowest BCUT2D eigenvalue weighted by atomic mass is 10.2. The smallest absolute Gasteiger partial charge is 0.328 e. The minimum atomic E-state index is -1.04. The first-order valence-corrected chi connectivity index (χ1v) is 7.00. The lowest BCUT2D eigenvalue weighted by Crippen LogP contribution is -2.56. The van der Waals surface area contributed by atoms with Crippen LogP contribution in [0.2, 0.25) is 0 Å². The Morgan fingerprint density at radius 1 is 1.38 bits per heavy atom. The summed E-state index contributed by atoms with van der Waals surface area (Å²) < 4.78 is 5.17. The third kappa shape index (κ3) is 3.33. The molecule has 1 aliphatic heterocycles. The summed E-state index contributed by atoms with van der Waals surface area (Å²) in [6.45, 7) is 5.01. The number of hydrogen-bond acceptors (Lipinski definition) is 3. The second-order valence-electron chi connectivity index (χ2n) is 4.98. The van der Waals surface area contributed by atoms with E-state index in [1.54, 1.807) is 4.90 Å². The molecule has 1 N–H and O–H groups in total. The van der Waals surface area contributed by atoms with Gasteiger partial charge in [0.2, 0.25) is 0 Å². The van der Waals surface area contributed by atoms with Gasteiger partial charge in [0.1, 0.15) is 0 Å². The molecule has 6 nitrogen and oxygen atoms in total. The average molecular weight is 292 g/mol. The van der Waals surface area contributed by atoms with Crippen molar-refractivity contribution in [2.24, 2.45) is 0 Å². The van der Waals surface area contributed by atoms with Gasteiger partial charge < -0.3 is 14.7 Å². The van der Waals surface area contributed by atoms with Crippen molar-refractivity contribution in [3.63, 3.8) is 0 Å². The number of anilines is 1. The maximum Gasteiger partial charge on any atom is 0.328 e. The maximum atomic E-state index is 12.7. The summed E-state index contributed by atoms with van der Waals surface area (Å²) in [5.74, 6) is -1.04. The Labute approximate surface area is 123 Å². The Bertz CT molecular complexity index is 515. The van der Waals surface area contributed by atoms with Gasteiger partial charge in [-0.2, -0.15) is 0 Å². The van der Waals surface area contributed by atoms with E-state index in [9.17, 15) is 14.7 Å². The number of carbonyl (C=O) groups excluding carboxylic acids is 1. The SMILES string of the molecule is CCN(C(=O)N1CCOCC1C(=O)O)c1ccc(C)cc1. The molecule has 1 aromatic carbocycles. The zero-order valence-electron chi connectivity index (χ0n) is 12.3. The summed E-state index contributed by atoms with van der Waals surface area (Å²) in [4.78, 5) is 26.9. The van der Waals surface area contributed by atoms with Crippen LogP contribution in [0.1, 0.15) is 12.5 Å². The molecule has 0 saturated carbocycles. The highest BCUT2D eigenvalue weighted by Gasteiger charge is 2.35. The van der Waals surface area contributed by atoms with Crippen LogP contribution in [0.3, 0.4) is 0 Å². The molecule has 1 unspecified atom stereocenters. The number of morpholine rings is 1. The first-order chi connectivity index (χ1) is 10.0. The van der Waals surface area contributed by atoms with Crippen molar-refractivity contribution in [2.75, 3.05) is 31.2 Å². The number of hydrogen-bond donors (Lipinski definition) is 1. The van der Waals surface area contributed by atoms with Gasteiger partial charge in [0.25, 0.3) is 0 Å². The van der Waals surface area contributed by atoms with Crippen LogP contribution in [0, 0.1) is 6.92 Å². The monoisotopic (exact) mass is 292 g/mol. The van der Waals surface area contributed by atoms with Crippen LogP contribution in [0.15, 0.2) is 24.3 Å². The number of amides is 2. The van der Waals surface area contributed by atoms with Crippen LogP contribution < -0.4 is 4.90 Å². The van der Waals surface area contributed by atoms with Gasteiger partial charge >= 0.3 is 12.0 Å². The lowest BCUT2D eigenvalue weighted by molar-refractivity contribution is -0.147. The summed E-state index contributed by atoms with van der Waals surface area (Å²) >= 11 is 0. The Hall–Kier alpha value is -2.08. The zero-order chi connectivity index (χ0) is 15.4. The normalized spacial score (nSPS) is 18.4. The number of carbonyl (C=O) groups is 2. The quantitative estimate of drug-likeness (QED) is 0.921. The van der Waals surface area contributed by atoms with Gasteiger partial charge in [0.15, 0.2) is 6.04 Å². The van der Waals surface area contributed by atoms with Crippen molar-refractivity contribution >= 4 is 17.7 Å². The van der Waals surface area contributed by atoms with E-state index in [1.807, 2.05) is 38.1 Å². The summed E-state index contributed by atoms with van der Waals surface area (Å²) in [6.07, 6.45) is 0. The van der Waals surface area contributed by atoms with Gasteiger partial charge in [-0.25, -0.2) is 9.59 Å². The number of rotatable bonds is 3. The van der Waals surface area contributed by atoms with Crippen molar-refractivity contribution in [2.45, 2.75) is 19.9 Å². The molecule has 2 amide bonds. The molecule has 1 fully saturated rings. The summed E-state index contributed by atoms with van der Waals surface area (Å²) in [6, 6.07) is 6.38. The number of aryl methyl sites for hydroxylation is 1. The fraction of sp³-hybridized carbons (Fsp3) is 0.467. The van der Waals surface area contributed by atoms with E-state index >= 15 is 0 Å². The van der Waals surface area contributed by atoms with Crippen LogP contribution in [0.4, 0.5) is 10.5 Å². The molecule has 0 radical (unpaired) electrons. The minimum Gasteiger partial charge on any atom is -0.480 e. The first kappa shape index (κ1) is 15.3. The molecule has 0 aromatic heterocycles. The molecule has 114 valence electrons. The van der Waals surface area contributed by atoms with Gasteiger partial charge in [-0.05, 0) is 26.0 Å². The Balaban J connectivity index is 2.22. The topological polar surface area (TPSA) is 70.1 Å². The Morgan fingerprint density at radius 2 is 2.05 bits per heavy atom. The zero-order valence-corrected chi connectivity index (χ0v) is 12.3. The molecule has 0 bridgehead atoms. The fourth-order valence-corrected chi connectivity index (χ4v) is 2.35. The average Bonchev–Trinajstić information content (AvgIpc) is 2.49. The highest BCUT2D eigenvalue weighted by Crippen LogP contribution is 2.19. The highest BCUT2D eigenvalue weighted by molar-refractivity contribution is 5.94. The summed E-state index contributed by atoms with van der Waals surface area (Å²) in [5, 5.41) is 9.23. The Kier molecular flexibility index (Phi) is 4.80. The van der Waals surface area contributed by atoms with Gasteiger partial charge in [-0.15, -0.1) is 0 Å². The molecular formula is C15H20N2O4. The predicted octanol–water partition coefficient (Wildman–Crippen LogP) is 1.73. The molecule has 0 aliphatic carbocycles. The van der Waals surface area contributed by atoms with E-state index in [2.05, 4.69) is 0 Å². The third-order valence-electron chi connectivity index (χ3n) is 3.55. The fourth-order valence-electron chi connectivity index (χ4n) is 2.35. The summed E-state index contributed by atoms with van der Waals surface area (Å²) in [5.41, 5.74) is 1.88. The second-order valence-corrected chi connectivity index (χ2v) is 4.98.